The van der Waals surface area contributed by atoms with Gasteiger partial charge in [-0.3, -0.25) is 9.36 Å². The smallest absolute Gasteiger partial charge is 0.320 e. The summed E-state index contributed by atoms with van der Waals surface area (Å²) in [6.07, 6.45) is 3.12. The van der Waals surface area contributed by atoms with Crippen LogP contribution in [0.15, 0.2) is 77.1 Å². The fraction of sp³-hybridized carbons (Fsp3) is 0.240. The highest BCUT2D eigenvalue weighted by atomic mass is 35.5. The van der Waals surface area contributed by atoms with Crippen molar-refractivity contribution in [2.75, 3.05) is 0 Å². The van der Waals surface area contributed by atoms with Crippen LogP contribution in [-0.4, -0.2) is 18.7 Å². The van der Waals surface area contributed by atoms with E-state index in [1.807, 2.05) is 0 Å². The molecular weight excluding hydrogens is 424 g/mol. The van der Waals surface area contributed by atoms with Gasteiger partial charge in [0.2, 0.25) is 0 Å². The lowest BCUT2D eigenvalue weighted by molar-refractivity contribution is 0.590. The average Bonchev–Trinajstić information content (AvgIpc) is 3.15. The Morgan fingerprint density at radius 2 is 1.75 bits per heavy atom. The predicted molar refractivity (Wildman–Crippen MR) is 129 cm³/mol. The van der Waals surface area contributed by atoms with Crippen LogP contribution in [0.2, 0.25) is 5.02 Å². The van der Waals surface area contributed by atoms with Crippen molar-refractivity contribution in [3.8, 4) is 5.69 Å². The molecule has 0 amide bonds. The second-order valence-electron chi connectivity index (χ2n) is 8.77. The first-order valence-corrected chi connectivity index (χ1v) is 10.8. The zero-order valence-corrected chi connectivity index (χ0v) is 19.1. The summed E-state index contributed by atoms with van der Waals surface area (Å²) < 4.78 is 4.32. The highest BCUT2D eigenvalue weighted by Gasteiger charge is 2.20. The zero-order chi connectivity index (χ0) is 23.0. The number of aromatic nitrogens is 4. The molecule has 4 rings (SSSR count). The number of nitrogens with zero attached hydrogens (tertiary/aromatic N) is 4. The van der Waals surface area contributed by atoms with Crippen molar-refractivity contribution in [3.63, 3.8) is 0 Å². The molecule has 164 valence electrons. The fourth-order valence-electron chi connectivity index (χ4n) is 3.75. The number of allylic oxidation sites excluding steroid dienone is 1. The van der Waals surface area contributed by atoms with Crippen molar-refractivity contribution in [2.45, 2.75) is 39.3 Å². The molecule has 0 unspecified atom stereocenters. The van der Waals surface area contributed by atoms with E-state index in [0.717, 1.165) is 10.1 Å². The quantitative estimate of drug-likeness (QED) is 0.421. The van der Waals surface area contributed by atoms with Gasteiger partial charge in [-0.1, -0.05) is 74.8 Å². The average molecular weight is 449 g/mol. The van der Waals surface area contributed by atoms with Crippen molar-refractivity contribution in [1.82, 2.24) is 18.7 Å². The molecule has 2 aromatic carbocycles. The Hall–Kier alpha value is -3.38. The maximum atomic E-state index is 13.3. The monoisotopic (exact) mass is 448 g/mol. The van der Waals surface area contributed by atoms with E-state index >= 15 is 0 Å². The van der Waals surface area contributed by atoms with Crippen LogP contribution in [0.25, 0.3) is 16.9 Å². The number of rotatable bonds is 5. The minimum Gasteiger partial charge on any atom is -0.320 e. The molecule has 0 atom stereocenters. The third-order valence-corrected chi connectivity index (χ3v) is 5.80. The Bertz CT molecular complexity index is 1420. The van der Waals surface area contributed by atoms with Gasteiger partial charge in [-0.15, -0.1) is 6.58 Å². The maximum absolute atomic E-state index is 13.3. The highest BCUT2D eigenvalue weighted by molar-refractivity contribution is 6.32. The topological polar surface area (TPSA) is 61.8 Å². The van der Waals surface area contributed by atoms with Crippen LogP contribution in [0.1, 0.15) is 31.9 Å². The second kappa shape index (κ2) is 8.28. The van der Waals surface area contributed by atoms with Crippen molar-refractivity contribution in [2.24, 2.45) is 0 Å². The molecular formula is C25H25ClN4O2. The van der Waals surface area contributed by atoms with Crippen molar-refractivity contribution in [1.29, 1.82) is 0 Å². The minimum atomic E-state index is -0.504. The fourth-order valence-corrected chi connectivity index (χ4v) is 3.97. The summed E-state index contributed by atoms with van der Waals surface area (Å²) in [5, 5.41) is 0.395. The van der Waals surface area contributed by atoms with Gasteiger partial charge in [0.15, 0.2) is 11.2 Å². The van der Waals surface area contributed by atoms with Crippen LogP contribution in [0.5, 0.6) is 0 Å². The summed E-state index contributed by atoms with van der Waals surface area (Å²) in [6.45, 7) is 10.7. The minimum absolute atomic E-state index is 0.0592. The third-order valence-electron chi connectivity index (χ3n) is 5.48. The molecule has 0 radical (unpaired) electrons. The summed E-state index contributed by atoms with van der Waals surface area (Å²) in [5.74, 6) is 0. The maximum Gasteiger partial charge on any atom is 0.337 e. The molecule has 6 nitrogen and oxygen atoms in total. The lowest BCUT2D eigenvalue weighted by atomic mass is 9.87. The number of para-hydroxylation sites is 1. The first kappa shape index (κ1) is 21.8. The van der Waals surface area contributed by atoms with Gasteiger partial charge in [0, 0.05) is 13.1 Å². The first-order chi connectivity index (χ1) is 15.2. The molecule has 2 heterocycles. The number of imidazole rings is 1. The molecule has 0 N–H and O–H groups in total. The van der Waals surface area contributed by atoms with E-state index in [-0.39, 0.29) is 17.6 Å². The van der Waals surface area contributed by atoms with E-state index in [4.69, 9.17) is 11.6 Å². The molecule has 0 aliphatic rings. The molecule has 4 aromatic rings. The lowest BCUT2D eigenvalue weighted by Crippen LogP contribution is -2.39. The molecule has 32 heavy (non-hydrogen) atoms. The Kier molecular flexibility index (Phi) is 5.65. The van der Waals surface area contributed by atoms with Gasteiger partial charge >= 0.3 is 5.69 Å². The molecule has 0 saturated heterocycles. The van der Waals surface area contributed by atoms with E-state index in [1.165, 1.54) is 16.2 Å². The number of halogens is 1. The van der Waals surface area contributed by atoms with Crippen molar-refractivity contribution >= 4 is 22.8 Å². The van der Waals surface area contributed by atoms with E-state index < -0.39 is 11.2 Å². The zero-order valence-electron chi connectivity index (χ0n) is 18.4. The van der Waals surface area contributed by atoms with Crippen LogP contribution < -0.4 is 11.2 Å². The van der Waals surface area contributed by atoms with Gasteiger partial charge in [0.25, 0.3) is 5.56 Å². The lowest BCUT2D eigenvalue weighted by Gasteiger charge is -2.19. The van der Waals surface area contributed by atoms with E-state index in [9.17, 15) is 9.59 Å². The largest absolute Gasteiger partial charge is 0.337 e. The van der Waals surface area contributed by atoms with Crippen LogP contribution in [-0.2, 0) is 18.5 Å². The molecule has 0 spiro atoms. The first-order valence-electron chi connectivity index (χ1n) is 10.4. The van der Waals surface area contributed by atoms with Gasteiger partial charge in [-0.25, -0.2) is 14.3 Å². The number of hydrogen-bond donors (Lipinski definition) is 0. The number of fused-ring (bicyclic) bond motifs is 1. The molecule has 0 fully saturated rings. The van der Waals surface area contributed by atoms with Gasteiger partial charge in [-0.2, -0.15) is 0 Å². The van der Waals surface area contributed by atoms with Crippen LogP contribution in [0.3, 0.4) is 0 Å². The van der Waals surface area contributed by atoms with Crippen LogP contribution >= 0.6 is 11.6 Å². The number of benzene rings is 2. The molecule has 0 bridgehead atoms. The van der Waals surface area contributed by atoms with Gasteiger partial charge < -0.3 is 4.57 Å². The summed E-state index contributed by atoms with van der Waals surface area (Å²) in [4.78, 5) is 30.9. The Balaban J connectivity index is 1.91. The standard InChI is InChI=1S/C25H25ClN4O2/c1-5-14-29-23(31)21-22(30(24(29)32)20-9-7-6-8-19(20)26)27-16-28(21)15-17-10-12-18(13-11-17)25(2,3)4/h5-13,16H,1,14-15H2,2-4H3. The SMILES string of the molecule is C=CCn1c(=O)c2c(ncn2Cc2ccc(C(C)(C)C)cc2)n(-c2ccccc2Cl)c1=O. The van der Waals surface area contributed by atoms with Crippen molar-refractivity contribution in [3.05, 3.63) is 105 Å². The highest BCUT2D eigenvalue weighted by Crippen LogP contribution is 2.24. The third kappa shape index (κ3) is 3.82. The Labute approximate surface area is 191 Å². The van der Waals surface area contributed by atoms with Crippen LogP contribution in [0, 0.1) is 0 Å². The van der Waals surface area contributed by atoms with E-state index in [2.05, 4.69) is 56.6 Å². The van der Waals surface area contributed by atoms with Gasteiger partial charge in [0.1, 0.15) is 0 Å². The summed E-state index contributed by atoms with van der Waals surface area (Å²) in [6, 6.07) is 15.3. The molecule has 7 heteroatoms. The Morgan fingerprint density at radius 3 is 2.38 bits per heavy atom. The molecule has 0 aliphatic carbocycles. The number of hydrogen-bond acceptors (Lipinski definition) is 3. The van der Waals surface area contributed by atoms with E-state index in [1.54, 1.807) is 35.2 Å². The van der Waals surface area contributed by atoms with Crippen LogP contribution in [0.4, 0.5) is 0 Å². The molecule has 0 saturated carbocycles. The van der Waals surface area contributed by atoms with Gasteiger partial charge in [0.05, 0.1) is 17.0 Å². The summed E-state index contributed by atoms with van der Waals surface area (Å²) in [7, 11) is 0. The predicted octanol–water partition coefficient (Wildman–Crippen LogP) is 4.53. The molecule has 0 aliphatic heterocycles. The summed E-state index contributed by atoms with van der Waals surface area (Å²) in [5.41, 5.74) is 2.50. The second-order valence-corrected chi connectivity index (χ2v) is 9.17. The van der Waals surface area contributed by atoms with Gasteiger partial charge in [-0.05, 0) is 28.7 Å². The normalized spacial score (nSPS) is 11.8. The summed E-state index contributed by atoms with van der Waals surface area (Å²) >= 11 is 6.39. The van der Waals surface area contributed by atoms with Crippen molar-refractivity contribution < 1.29 is 0 Å². The molecule has 2 aromatic heterocycles. The Morgan fingerprint density at radius 1 is 1.06 bits per heavy atom. The van der Waals surface area contributed by atoms with E-state index in [0.29, 0.717) is 22.8 Å².